The van der Waals surface area contributed by atoms with Crippen LogP contribution in [0, 0.1) is 5.41 Å². The minimum atomic E-state index is 0.0175. The summed E-state index contributed by atoms with van der Waals surface area (Å²) in [6.45, 7) is 14.1. The van der Waals surface area contributed by atoms with E-state index >= 15 is 0 Å². The molecule has 16 aromatic rings. The fourth-order valence-corrected chi connectivity index (χ4v) is 14.1. The molecule has 0 fully saturated rings. The van der Waals surface area contributed by atoms with Crippen molar-refractivity contribution in [1.29, 1.82) is 0 Å². The molecule has 0 saturated heterocycles. The zero-order valence-electron chi connectivity index (χ0n) is 49.6. The van der Waals surface area contributed by atoms with Crippen molar-refractivity contribution in [3.05, 3.63) is 278 Å². The second-order valence-electron chi connectivity index (χ2n) is 25.6. The molecule has 0 N–H and O–H groups in total. The van der Waals surface area contributed by atoms with Gasteiger partial charge in [-0.25, -0.2) is 0 Å². The molecule has 4 aromatic heterocycles. The van der Waals surface area contributed by atoms with Gasteiger partial charge >= 0.3 is 0 Å². The molecule has 4 nitrogen and oxygen atoms in total. The first-order chi connectivity index (χ1) is 41.9. The number of fused-ring (bicyclic) bond motifs is 12. The van der Waals surface area contributed by atoms with E-state index in [1.54, 1.807) is 0 Å². The highest BCUT2D eigenvalue weighted by molar-refractivity contribution is 6.14. The van der Waals surface area contributed by atoms with Crippen molar-refractivity contribution in [2.75, 3.05) is 0 Å². The Balaban J connectivity index is 0.818. The Labute approximate surface area is 502 Å². The lowest BCUT2D eigenvalue weighted by Crippen LogP contribution is -2.15. The van der Waals surface area contributed by atoms with Crippen molar-refractivity contribution in [3.8, 4) is 56.1 Å². The lowest BCUT2D eigenvalue weighted by Gasteiger charge is -2.23. The molecule has 0 unspecified atom stereocenters. The predicted molar refractivity (Wildman–Crippen MR) is 367 cm³/mol. The lowest BCUT2D eigenvalue weighted by atomic mass is 9.82. The highest BCUT2D eigenvalue weighted by Crippen LogP contribution is 2.43. The van der Waals surface area contributed by atoms with Gasteiger partial charge in [0.1, 0.15) is 0 Å². The van der Waals surface area contributed by atoms with Crippen LogP contribution >= 0.6 is 0 Å². The highest BCUT2D eigenvalue weighted by atomic mass is 15.0. The third kappa shape index (κ3) is 8.41. The maximum Gasteiger partial charge on any atom is 0.0541 e. The summed E-state index contributed by atoms with van der Waals surface area (Å²) in [4.78, 5) is 0. The summed E-state index contributed by atoms with van der Waals surface area (Å²) in [6, 6.07) is 100. The summed E-state index contributed by atoms with van der Waals surface area (Å²) in [5.74, 6) is 0. The highest BCUT2D eigenvalue weighted by Gasteiger charge is 2.23. The van der Waals surface area contributed by atoms with Crippen molar-refractivity contribution >= 4 is 87.2 Å². The summed E-state index contributed by atoms with van der Waals surface area (Å²) in [5, 5.41) is 10.1. The molecule has 0 aliphatic carbocycles. The van der Waals surface area contributed by atoms with Gasteiger partial charge in [-0.1, -0.05) is 187 Å². The Morgan fingerprint density at radius 3 is 0.919 bits per heavy atom. The van der Waals surface area contributed by atoms with Gasteiger partial charge in [-0.05, 0) is 190 Å². The molecule has 414 valence electrons. The van der Waals surface area contributed by atoms with Gasteiger partial charge in [-0.15, -0.1) is 0 Å². The van der Waals surface area contributed by atoms with E-state index < -0.39 is 0 Å². The number of rotatable bonds is 10. The molecule has 0 saturated carbocycles. The second kappa shape index (κ2) is 19.7. The molecule has 0 atom stereocenters. The van der Waals surface area contributed by atoms with Crippen LogP contribution in [0.1, 0.15) is 59.1 Å². The maximum absolute atomic E-state index is 2.49. The normalized spacial score (nSPS) is 12.4. The van der Waals surface area contributed by atoms with Gasteiger partial charge in [0, 0.05) is 65.8 Å². The van der Waals surface area contributed by atoms with Gasteiger partial charge in [0.15, 0.2) is 0 Å². The van der Waals surface area contributed by atoms with Crippen LogP contribution in [-0.4, -0.2) is 18.3 Å². The smallest absolute Gasteiger partial charge is 0.0541 e. The summed E-state index contributed by atoms with van der Waals surface area (Å²) < 4.78 is 9.79. The summed E-state index contributed by atoms with van der Waals surface area (Å²) in [5.41, 5.74) is 24.2. The van der Waals surface area contributed by atoms with Gasteiger partial charge in [-0.3, -0.25) is 0 Å². The largest absolute Gasteiger partial charge is 0.309 e. The van der Waals surface area contributed by atoms with Crippen LogP contribution in [0.3, 0.4) is 0 Å². The van der Waals surface area contributed by atoms with E-state index in [0.29, 0.717) is 0 Å². The van der Waals surface area contributed by atoms with Gasteiger partial charge in [0.2, 0.25) is 0 Å². The van der Waals surface area contributed by atoms with E-state index in [9.17, 15) is 0 Å². The second-order valence-corrected chi connectivity index (χ2v) is 25.6. The quantitative estimate of drug-likeness (QED) is 0.130. The third-order valence-electron chi connectivity index (χ3n) is 18.6. The molecule has 4 heteroatoms. The first-order valence-corrected chi connectivity index (χ1v) is 30.5. The van der Waals surface area contributed by atoms with Crippen LogP contribution in [0.25, 0.3) is 143 Å². The zero-order valence-corrected chi connectivity index (χ0v) is 49.6. The average molecular weight is 1110 g/mol. The van der Waals surface area contributed by atoms with Crippen LogP contribution in [-0.2, 0) is 11.8 Å². The third-order valence-corrected chi connectivity index (χ3v) is 18.6. The summed E-state index contributed by atoms with van der Waals surface area (Å²) >= 11 is 0. The molecule has 0 aliphatic rings. The molecule has 86 heavy (non-hydrogen) atoms. The molecule has 12 aromatic carbocycles. The Kier molecular flexibility index (Phi) is 11.8. The van der Waals surface area contributed by atoms with Gasteiger partial charge < -0.3 is 18.3 Å². The van der Waals surface area contributed by atoms with Gasteiger partial charge in [-0.2, -0.15) is 0 Å². The number of benzene rings is 12. The van der Waals surface area contributed by atoms with Crippen molar-refractivity contribution in [1.82, 2.24) is 18.3 Å². The van der Waals surface area contributed by atoms with E-state index in [1.165, 1.54) is 132 Å². The van der Waals surface area contributed by atoms with E-state index in [4.69, 9.17) is 0 Å². The first-order valence-electron chi connectivity index (χ1n) is 30.5. The van der Waals surface area contributed by atoms with Crippen LogP contribution in [0.4, 0.5) is 0 Å². The van der Waals surface area contributed by atoms with Crippen LogP contribution in [0.5, 0.6) is 0 Å². The zero-order chi connectivity index (χ0) is 58.0. The SMILES string of the molecule is CCC(C)(C)c1ccc2c(c1)c1cc(-c3ccc4c(c3)c3cc(CC(C)(C)C)ccc3n4-c3cccc(-c4cccc(-n5c6ccccc6c6ccccc65)c4)c3)ccc1n2-c1cccc(-c2cccc(-n3c4ccccc4c4ccccc43)c2)c1. The Hall–Kier alpha value is -10.2. The van der Waals surface area contributed by atoms with E-state index in [1.807, 2.05) is 0 Å². The Morgan fingerprint density at radius 1 is 0.256 bits per heavy atom. The minimum absolute atomic E-state index is 0.0175. The monoisotopic (exact) mass is 1110 g/mol. The number of hydrogen-bond acceptors (Lipinski definition) is 0. The summed E-state index contributed by atoms with van der Waals surface area (Å²) in [7, 11) is 0. The molecule has 0 amide bonds. The van der Waals surface area contributed by atoms with E-state index in [0.717, 1.165) is 35.6 Å². The molecule has 4 heterocycles. The van der Waals surface area contributed by atoms with Gasteiger partial charge in [0.25, 0.3) is 0 Å². The van der Waals surface area contributed by atoms with Gasteiger partial charge in [0.05, 0.1) is 44.1 Å². The average Bonchev–Trinajstić information content (AvgIpc) is 2.17. The molecule has 0 aliphatic heterocycles. The fourth-order valence-electron chi connectivity index (χ4n) is 14.1. The number of para-hydroxylation sites is 4. The lowest BCUT2D eigenvalue weighted by molar-refractivity contribution is 0.411. The Morgan fingerprint density at radius 2 is 0.558 bits per heavy atom. The standard InChI is InChI=1S/C82H66N4/c1-7-82(5,6)60-39-43-80-72(51-60)71-50-59(38-42-79(71)86(80)64-27-19-23-57(48-64)55-21-17-25-62(46-55)84-75-34-14-10-30-67(75)68-31-11-15-35-76(68)84)58-37-41-78-70(49-58)69-44-53(52-81(2,3)4)36-40-77(69)85(78)63-26-18-22-56(47-63)54-20-16-24-61(45-54)83-73-32-12-8-28-65(73)66-29-9-13-33-74(66)83/h8-51H,7,52H2,1-6H3. The predicted octanol–water partition coefficient (Wildman–Crippen LogP) is 22.4. The fraction of sp³-hybridized carbons (Fsp3) is 0.122. The van der Waals surface area contributed by atoms with Crippen molar-refractivity contribution in [3.63, 3.8) is 0 Å². The molecular weight excluding hydrogens is 1040 g/mol. The van der Waals surface area contributed by atoms with Crippen LogP contribution < -0.4 is 0 Å². The first kappa shape index (κ1) is 51.5. The van der Waals surface area contributed by atoms with Crippen LogP contribution in [0.15, 0.2) is 267 Å². The van der Waals surface area contributed by atoms with Crippen molar-refractivity contribution in [2.24, 2.45) is 5.41 Å². The van der Waals surface area contributed by atoms with E-state index in [2.05, 4.69) is 327 Å². The number of nitrogens with zero attached hydrogens (tertiary/aromatic N) is 4. The summed E-state index contributed by atoms with van der Waals surface area (Å²) in [6.07, 6.45) is 2.03. The molecular formula is C82H66N4. The topological polar surface area (TPSA) is 19.7 Å². The molecule has 0 bridgehead atoms. The molecule has 0 radical (unpaired) electrons. The van der Waals surface area contributed by atoms with E-state index in [-0.39, 0.29) is 10.8 Å². The Bertz CT molecular complexity index is 5290. The van der Waals surface area contributed by atoms with Crippen LogP contribution in [0.2, 0.25) is 0 Å². The van der Waals surface area contributed by atoms with Crippen molar-refractivity contribution in [2.45, 2.75) is 59.8 Å². The molecule has 0 spiro atoms. The van der Waals surface area contributed by atoms with Crippen molar-refractivity contribution < 1.29 is 0 Å². The maximum atomic E-state index is 2.49. The minimum Gasteiger partial charge on any atom is -0.309 e. The molecule has 16 rings (SSSR count). The number of aromatic nitrogens is 4. The number of hydrogen-bond donors (Lipinski definition) is 0.